The zero-order valence-corrected chi connectivity index (χ0v) is 12.5. The number of rotatable bonds is 6. The Kier molecular flexibility index (Phi) is 5.09. The van der Waals surface area contributed by atoms with Gasteiger partial charge in [0.05, 0.1) is 24.7 Å². The van der Waals surface area contributed by atoms with Crippen molar-refractivity contribution in [2.75, 3.05) is 0 Å². The first-order valence-corrected chi connectivity index (χ1v) is 6.75. The number of ether oxygens (including phenoxy) is 2. The van der Waals surface area contributed by atoms with Gasteiger partial charge in [0.2, 0.25) is 0 Å². The molecule has 0 aromatic heterocycles. The zero-order chi connectivity index (χ0) is 16.4. The number of carboxylic acids is 1. The van der Waals surface area contributed by atoms with Gasteiger partial charge >= 0.3 is 23.9 Å². The first kappa shape index (κ1) is 17.1. The van der Waals surface area contributed by atoms with E-state index in [1.165, 1.54) is 0 Å². The third kappa shape index (κ3) is 4.03. The molecule has 2 unspecified atom stereocenters. The van der Waals surface area contributed by atoms with Gasteiger partial charge in [-0.3, -0.25) is 19.2 Å². The van der Waals surface area contributed by atoms with Crippen molar-refractivity contribution in [3.63, 3.8) is 0 Å². The van der Waals surface area contributed by atoms with E-state index in [9.17, 15) is 19.2 Å². The molecule has 1 fully saturated rings. The van der Waals surface area contributed by atoms with Crippen LogP contribution in [0.4, 0.5) is 0 Å². The zero-order valence-electron chi connectivity index (χ0n) is 12.5. The molecule has 0 amide bonds. The van der Waals surface area contributed by atoms with Crippen molar-refractivity contribution in [2.24, 2.45) is 17.8 Å². The molecule has 7 heteroatoms. The van der Waals surface area contributed by atoms with Gasteiger partial charge in [0.15, 0.2) is 0 Å². The number of hydrogen-bond donors (Lipinski definition) is 1. The van der Waals surface area contributed by atoms with Crippen molar-refractivity contribution in [3.8, 4) is 0 Å². The highest BCUT2D eigenvalue weighted by Gasteiger charge is 2.49. The normalized spacial score (nSPS) is 23.6. The van der Waals surface area contributed by atoms with E-state index in [0.717, 1.165) is 0 Å². The van der Waals surface area contributed by atoms with Crippen LogP contribution < -0.4 is 0 Å². The lowest BCUT2D eigenvalue weighted by molar-refractivity contribution is -0.168. The Balaban J connectivity index is 2.73. The Morgan fingerprint density at radius 1 is 1.29 bits per heavy atom. The summed E-state index contributed by atoms with van der Waals surface area (Å²) in [6, 6.07) is 0. The van der Waals surface area contributed by atoms with Crippen LogP contribution in [-0.4, -0.2) is 34.6 Å². The van der Waals surface area contributed by atoms with E-state index in [1.54, 1.807) is 27.7 Å². The van der Waals surface area contributed by atoms with Crippen LogP contribution in [0, 0.1) is 17.8 Å². The van der Waals surface area contributed by atoms with Crippen LogP contribution in [0.5, 0.6) is 0 Å². The lowest BCUT2D eigenvalue weighted by Gasteiger charge is -2.34. The summed E-state index contributed by atoms with van der Waals surface area (Å²) in [6.07, 6.45) is -0.557. The van der Waals surface area contributed by atoms with Crippen molar-refractivity contribution in [1.82, 2.24) is 0 Å². The first-order valence-electron chi connectivity index (χ1n) is 6.75. The quantitative estimate of drug-likeness (QED) is 0.579. The van der Waals surface area contributed by atoms with E-state index in [2.05, 4.69) is 4.74 Å². The number of cyclic esters (lactones) is 2. The van der Waals surface area contributed by atoms with E-state index in [0.29, 0.717) is 0 Å². The van der Waals surface area contributed by atoms with Crippen LogP contribution in [-0.2, 0) is 28.7 Å². The Labute approximate surface area is 122 Å². The third-order valence-corrected chi connectivity index (χ3v) is 3.94. The van der Waals surface area contributed by atoms with Crippen LogP contribution in [0.15, 0.2) is 0 Å². The summed E-state index contributed by atoms with van der Waals surface area (Å²) in [5.74, 6) is -4.65. The number of hydrogen-bond acceptors (Lipinski definition) is 6. The van der Waals surface area contributed by atoms with Gasteiger partial charge in [-0.25, -0.2) is 0 Å². The van der Waals surface area contributed by atoms with Gasteiger partial charge in [0.1, 0.15) is 5.60 Å². The summed E-state index contributed by atoms with van der Waals surface area (Å²) in [6.45, 7) is 6.54. The minimum atomic E-state index is -1.09. The largest absolute Gasteiger partial charge is 0.481 e. The van der Waals surface area contributed by atoms with Gasteiger partial charge in [-0.15, -0.1) is 0 Å². The van der Waals surface area contributed by atoms with Gasteiger partial charge in [-0.1, -0.05) is 13.8 Å². The van der Waals surface area contributed by atoms with Crippen LogP contribution in [0.3, 0.4) is 0 Å². The van der Waals surface area contributed by atoms with Crippen LogP contribution in [0.2, 0.25) is 0 Å². The SMILES string of the molecule is CC1C(=O)OC(=O)[C@@H]1C(C)C(C)(C)OC(=O)CCC(=O)O. The molecule has 1 saturated heterocycles. The third-order valence-electron chi connectivity index (χ3n) is 3.94. The van der Waals surface area contributed by atoms with Gasteiger partial charge < -0.3 is 14.6 Å². The Hall–Kier alpha value is -1.92. The topological polar surface area (TPSA) is 107 Å². The molecule has 3 atom stereocenters. The molecule has 0 spiro atoms. The van der Waals surface area contributed by atoms with Crippen LogP contribution >= 0.6 is 0 Å². The minimum Gasteiger partial charge on any atom is -0.481 e. The monoisotopic (exact) mass is 300 g/mol. The number of carbonyl (C=O) groups is 4. The number of carboxylic acid groups (broad SMARTS) is 1. The summed E-state index contributed by atoms with van der Waals surface area (Å²) in [5.41, 5.74) is -1.02. The molecule has 1 aliphatic rings. The van der Waals surface area contributed by atoms with Gasteiger partial charge in [0, 0.05) is 5.92 Å². The Bertz CT molecular complexity index is 466. The second-order valence-electron chi connectivity index (χ2n) is 5.81. The van der Waals surface area contributed by atoms with E-state index in [4.69, 9.17) is 9.84 Å². The highest BCUT2D eigenvalue weighted by Crippen LogP contribution is 2.37. The lowest BCUT2D eigenvalue weighted by atomic mass is 9.76. The lowest BCUT2D eigenvalue weighted by Crippen LogP contribution is -2.42. The van der Waals surface area contributed by atoms with Crippen molar-refractivity contribution in [1.29, 1.82) is 0 Å². The summed E-state index contributed by atoms with van der Waals surface area (Å²) in [4.78, 5) is 45.2. The molecule has 0 aromatic rings. The summed E-state index contributed by atoms with van der Waals surface area (Å²) in [5, 5.41) is 8.53. The number of esters is 3. The fourth-order valence-corrected chi connectivity index (χ4v) is 2.33. The van der Waals surface area contributed by atoms with E-state index in [1.807, 2.05) is 0 Å². The first-order chi connectivity index (χ1) is 9.56. The van der Waals surface area contributed by atoms with Gasteiger partial charge in [-0.05, 0) is 13.8 Å². The second-order valence-corrected chi connectivity index (χ2v) is 5.81. The maximum atomic E-state index is 11.7. The molecule has 0 aromatic carbocycles. The molecule has 1 rings (SSSR count). The summed E-state index contributed by atoms with van der Waals surface area (Å²) < 4.78 is 9.86. The molecule has 0 saturated carbocycles. The maximum absolute atomic E-state index is 11.7. The smallest absolute Gasteiger partial charge is 0.317 e. The predicted molar refractivity (Wildman–Crippen MR) is 70.0 cm³/mol. The van der Waals surface area contributed by atoms with Crippen LogP contribution in [0.1, 0.15) is 40.5 Å². The summed E-state index contributed by atoms with van der Waals surface area (Å²) >= 11 is 0. The average Bonchev–Trinajstić information content (AvgIpc) is 2.59. The molecule has 118 valence electrons. The second kappa shape index (κ2) is 6.24. The van der Waals surface area contributed by atoms with E-state index >= 15 is 0 Å². The molecule has 1 heterocycles. The number of aliphatic carboxylic acids is 1. The van der Waals surface area contributed by atoms with Crippen LogP contribution in [0.25, 0.3) is 0 Å². The molecule has 0 aliphatic carbocycles. The fourth-order valence-electron chi connectivity index (χ4n) is 2.33. The molecule has 7 nitrogen and oxygen atoms in total. The highest BCUT2D eigenvalue weighted by atomic mass is 16.6. The number of carbonyl (C=O) groups excluding carboxylic acids is 3. The average molecular weight is 300 g/mol. The molecular weight excluding hydrogens is 280 g/mol. The standard InChI is InChI=1S/C14H20O7/c1-7-11(13(19)20-12(7)18)8(2)14(3,4)21-10(17)6-5-9(15)16/h7-8,11H,5-6H2,1-4H3,(H,15,16)/t7?,8?,11-/m0/s1. The van der Waals surface area contributed by atoms with E-state index < -0.39 is 47.2 Å². The Morgan fingerprint density at radius 2 is 1.86 bits per heavy atom. The van der Waals surface area contributed by atoms with Gasteiger partial charge in [0.25, 0.3) is 0 Å². The minimum absolute atomic E-state index is 0.241. The Morgan fingerprint density at radius 3 is 2.29 bits per heavy atom. The van der Waals surface area contributed by atoms with E-state index in [-0.39, 0.29) is 12.8 Å². The molecule has 0 radical (unpaired) electrons. The summed E-state index contributed by atoms with van der Waals surface area (Å²) in [7, 11) is 0. The molecule has 1 N–H and O–H groups in total. The van der Waals surface area contributed by atoms with Crippen molar-refractivity contribution in [3.05, 3.63) is 0 Å². The molecule has 1 aliphatic heterocycles. The predicted octanol–water partition coefficient (Wildman–Crippen LogP) is 1.14. The highest BCUT2D eigenvalue weighted by molar-refractivity contribution is 5.96. The maximum Gasteiger partial charge on any atom is 0.317 e. The molecule has 21 heavy (non-hydrogen) atoms. The molecular formula is C14H20O7. The fraction of sp³-hybridized carbons (Fsp3) is 0.714. The van der Waals surface area contributed by atoms with Crippen molar-refractivity contribution in [2.45, 2.75) is 46.1 Å². The molecule has 0 bridgehead atoms. The van der Waals surface area contributed by atoms with Crippen molar-refractivity contribution < 1.29 is 33.8 Å². The van der Waals surface area contributed by atoms with Crippen molar-refractivity contribution >= 4 is 23.9 Å². The van der Waals surface area contributed by atoms with Gasteiger partial charge in [-0.2, -0.15) is 0 Å².